The molecule has 0 unspecified atom stereocenters. The molecule has 1 aliphatic heterocycles. The van der Waals surface area contributed by atoms with Gasteiger partial charge >= 0.3 is 5.97 Å². The molecule has 9 heteroatoms. The van der Waals surface area contributed by atoms with E-state index in [1.165, 1.54) is 40.8 Å². The fraction of sp³-hybridized carbons (Fsp3) is 0.267. The van der Waals surface area contributed by atoms with Crippen LogP contribution in [0.3, 0.4) is 0 Å². The minimum Gasteiger partial charge on any atom is -0.488 e. The van der Waals surface area contributed by atoms with Gasteiger partial charge in [-0.3, -0.25) is 4.79 Å². The summed E-state index contributed by atoms with van der Waals surface area (Å²) < 4.78 is 12.6. The molecule has 1 heterocycles. The minimum atomic E-state index is -1.36. The van der Waals surface area contributed by atoms with E-state index < -0.39 is 18.0 Å². The van der Waals surface area contributed by atoms with Crippen molar-refractivity contribution in [3.8, 4) is 45.9 Å². The number of halogens is 1. The Morgan fingerprint density at radius 2 is 1.52 bits per heavy atom. The van der Waals surface area contributed by atoms with Crippen LogP contribution in [0.15, 0.2) is 84.9 Å². The summed E-state index contributed by atoms with van der Waals surface area (Å²) in [7, 11) is 0. The van der Waals surface area contributed by atoms with Gasteiger partial charge in [-0.2, -0.15) is 10.5 Å². The number of fused-ring (bicyclic) bond motifs is 1. The summed E-state index contributed by atoms with van der Waals surface area (Å²) in [6, 6.07) is 31.8. The largest absolute Gasteiger partial charge is 0.488 e. The summed E-state index contributed by atoms with van der Waals surface area (Å²) >= 11 is 6.80. The van der Waals surface area contributed by atoms with Crippen molar-refractivity contribution in [1.82, 2.24) is 5.32 Å². The third-order valence-electron chi connectivity index (χ3n) is 10.4. The Morgan fingerprint density at radius 1 is 0.833 bits per heavy atom. The zero-order valence-electron chi connectivity index (χ0n) is 30.6. The summed E-state index contributed by atoms with van der Waals surface area (Å²) in [5.41, 5.74) is 11.3. The van der Waals surface area contributed by atoms with Gasteiger partial charge in [-0.1, -0.05) is 60.1 Å². The summed E-state index contributed by atoms with van der Waals surface area (Å²) in [5.74, 6) is -0.310. The van der Waals surface area contributed by atoms with Gasteiger partial charge in [-0.15, -0.1) is 0 Å². The summed E-state index contributed by atoms with van der Waals surface area (Å²) in [6.45, 7) is 7.39. The van der Waals surface area contributed by atoms with Gasteiger partial charge in [-0.25, -0.2) is 0 Å². The molecule has 6 rings (SSSR count). The minimum absolute atomic E-state index is 0.0381. The SMILES string of the molecule is Cc1c(COc2cc(OCc3cc(C#N)cc(C#N)c3)c(CC[C@@](C)(CO)C(=O)O)cc2Cl)cccc1-c1cccc(-c2ccc3c(c2)CNCC3)c1C. The van der Waals surface area contributed by atoms with Crippen molar-refractivity contribution >= 4 is 17.6 Å². The summed E-state index contributed by atoms with van der Waals surface area (Å²) in [6.07, 6.45) is 1.43. The number of nitrogens with one attached hydrogen (secondary N) is 1. The number of aliphatic hydroxyl groups excluding tert-OH is 1. The molecule has 0 spiro atoms. The van der Waals surface area contributed by atoms with E-state index in [9.17, 15) is 25.5 Å². The molecule has 3 N–H and O–H groups in total. The van der Waals surface area contributed by atoms with Crippen LogP contribution in [0.5, 0.6) is 11.5 Å². The second kappa shape index (κ2) is 16.6. The average molecular weight is 740 g/mol. The van der Waals surface area contributed by atoms with E-state index in [1.807, 2.05) is 12.1 Å². The maximum atomic E-state index is 11.9. The average Bonchev–Trinajstić information content (AvgIpc) is 3.19. The van der Waals surface area contributed by atoms with Gasteiger partial charge in [0, 0.05) is 12.6 Å². The molecule has 0 amide bonds. The smallest absolute Gasteiger partial charge is 0.311 e. The van der Waals surface area contributed by atoms with Crippen LogP contribution in [0.2, 0.25) is 5.02 Å². The van der Waals surface area contributed by atoms with Crippen LogP contribution >= 0.6 is 11.6 Å². The van der Waals surface area contributed by atoms with Gasteiger partial charge in [0.1, 0.15) is 24.7 Å². The van der Waals surface area contributed by atoms with E-state index in [-0.39, 0.29) is 26.1 Å². The number of nitriles is 2. The molecular formula is C45H42ClN3O5. The van der Waals surface area contributed by atoms with E-state index >= 15 is 0 Å². The topological polar surface area (TPSA) is 136 Å². The second-order valence-corrected chi connectivity index (χ2v) is 14.5. The first-order valence-electron chi connectivity index (χ1n) is 17.9. The molecule has 0 saturated heterocycles. The molecule has 274 valence electrons. The third kappa shape index (κ3) is 8.28. The fourth-order valence-corrected chi connectivity index (χ4v) is 7.16. The third-order valence-corrected chi connectivity index (χ3v) is 10.7. The lowest BCUT2D eigenvalue weighted by Gasteiger charge is -2.23. The Bertz CT molecular complexity index is 2270. The zero-order chi connectivity index (χ0) is 38.4. The highest BCUT2D eigenvalue weighted by molar-refractivity contribution is 6.32. The van der Waals surface area contributed by atoms with Crippen molar-refractivity contribution in [2.24, 2.45) is 5.41 Å². The van der Waals surface area contributed by atoms with Crippen molar-refractivity contribution in [2.45, 2.75) is 59.8 Å². The van der Waals surface area contributed by atoms with Crippen LogP contribution in [0.4, 0.5) is 0 Å². The van der Waals surface area contributed by atoms with Crippen LogP contribution in [-0.4, -0.2) is 29.3 Å². The molecule has 0 bridgehead atoms. The Balaban J connectivity index is 1.27. The van der Waals surface area contributed by atoms with Crippen LogP contribution < -0.4 is 14.8 Å². The van der Waals surface area contributed by atoms with Gasteiger partial charge in [-0.05, 0) is 138 Å². The van der Waals surface area contributed by atoms with Crippen molar-refractivity contribution in [3.05, 3.63) is 140 Å². The maximum absolute atomic E-state index is 11.9. The molecule has 0 radical (unpaired) electrons. The number of hydrogen-bond donors (Lipinski definition) is 3. The lowest BCUT2D eigenvalue weighted by atomic mass is 9.85. The summed E-state index contributed by atoms with van der Waals surface area (Å²) in [5, 5.41) is 42.3. The van der Waals surface area contributed by atoms with E-state index in [2.05, 4.69) is 73.8 Å². The number of benzene rings is 5. The van der Waals surface area contributed by atoms with E-state index in [4.69, 9.17) is 21.1 Å². The zero-order valence-corrected chi connectivity index (χ0v) is 31.4. The highest BCUT2D eigenvalue weighted by atomic mass is 35.5. The number of rotatable bonds is 13. The molecular weight excluding hydrogens is 698 g/mol. The Hall–Kier alpha value is -5.64. The van der Waals surface area contributed by atoms with Crippen molar-refractivity contribution in [2.75, 3.05) is 13.2 Å². The molecule has 0 aromatic heterocycles. The van der Waals surface area contributed by atoms with Crippen molar-refractivity contribution in [3.63, 3.8) is 0 Å². The molecule has 8 nitrogen and oxygen atoms in total. The monoisotopic (exact) mass is 739 g/mol. The molecule has 5 aromatic carbocycles. The van der Waals surface area contributed by atoms with Crippen molar-refractivity contribution < 1.29 is 24.5 Å². The number of nitrogens with zero attached hydrogens (tertiary/aromatic N) is 2. The molecule has 0 fully saturated rings. The number of aliphatic hydroxyl groups is 1. The number of carboxylic acid groups (broad SMARTS) is 1. The Morgan fingerprint density at radius 3 is 2.22 bits per heavy atom. The number of ether oxygens (including phenoxy) is 2. The quantitative estimate of drug-likeness (QED) is 0.109. The lowest BCUT2D eigenvalue weighted by molar-refractivity contribution is -0.150. The molecule has 0 saturated carbocycles. The number of aliphatic carboxylic acids is 1. The predicted octanol–water partition coefficient (Wildman–Crippen LogP) is 8.85. The van der Waals surface area contributed by atoms with Crippen LogP contribution in [0.25, 0.3) is 22.3 Å². The first-order chi connectivity index (χ1) is 26.0. The van der Waals surface area contributed by atoms with Crippen LogP contribution in [0.1, 0.15) is 63.4 Å². The van der Waals surface area contributed by atoms with Gasteiger partial charge in [0.2, 0.25) is 0 Å². The Labute approximate surface area is 321 Å². The number of carbonyl (C=O) groups is 1. The molecule has 1 atom stereocenters. The van der Waals surface area contributed by atoms with Crippen LogP contribution in [-0.2, 0) is 37.4 Å². The predicted molar refractivity (Wildman–Crippen MR) is 209 cm³/mol. The maximum Gasteiger partial charge on any atom is 0.311 e. The normalized spacial score (nSPS) is 13.2. The first-order valence-corrected chi connectivity index (χ1v) is 18.3. The first kappa shape index (κ1) is 38.1. The molecule has 0 aliphatic carbocycles. The van der Waals surface area contributed by atoms with E-state index in [0.29, 0.717) is 38.8 Å². The van der Waals surface area contributed by atoms with Gasteiger partial charge in [0.25, 0.3) is 0 Å². The highest BCUT2D eigenvalue weighted by Crippen LogP contribution is 2.38. The second-order valence-electron chi connectivity index (χ2n) is 14.1. The van der Waals surface area contributed by atoms with Gasteiger partial charge in [0.05, 0.1) is 40.3 Å². The van der Waals surface area contributed by atoms with E-state index in [0.717, 1.165) is 41.8 Å². The molecule has 54 heavy (non-hydrogen) atoms. The van der Waals surface area contributed by atoms with Gasteiger partial charge < -0.3 is 25.0 Å². The Kier molecular flexibility index (Phi) is 11.7. The summed E-state index contributed by atoms with van der Waals surface area (Å²) in [4.78, 5) is 11.9. The number of aryl methyl sites for hydroxylation is 1. The lowest BCUT2D eigenvalue weighted by Crippen LogP contribution is -2.32. The molecule has 1 aliphatic rings. The van der Waals surface area contributed by atoms with Crippen LogP contribution in [0, 0.1) is 41.9 Å². The standard InChI is InChI=1S/C45H42ClN3O5/c1-28-36(6-4-8-39(28)40-9-5-7-38(29(40)2)34-11-10-33-13-15-49-24-37(33)19-34)26-54-43-21-42(53-25-32-17-30(22-47)16-31(18-32)23-48)35(20-41(43)46)12-14-45(3,27-50)44(51)52/h4-11,16-21,49-50H,12-15,24-27H2,1-3H3,(H,51,52)/t45-/m0/s1. The van der Waals surface area contributed by atoms with Gasteiger partial charge in [0.15, 0.2) is 0 Å². The number of carboxylic acids is 1. The van der Waals surface area contributed by atoms with E-state index in [1.54, 1.807) is 24.3 Å². The number of hydrogen-bond acceptors (Lipinski definition) is 7. The van der Waals surface area contributed by atoms with Crippen molar-refractivity contribution in [1.29, 1.82) is 10.5 Å². The molecule has 5 aromatic rings. The highest BCUT2D eigenvalue weighted by Gasteiger charge is 2.32. The fourth-order valence-electron chi connectivity index (χ4n) is 6.92.